The topological polar surface area (TPSA) is 0 Å². The number of rotatable bonds is 7. The van der Waals surface area contributed by atoms with Crippen molar-refractivity contribution in [2.75, 3.05) is 0 Å². The van der Waals surface area contributed by atoms with Crippen LogP contribution in [0.4, 0.5) is 0 Å². The van der Waals surface area contributed by atoms with Crippen LogP contribution in [-0.4, -0.2) is 0 Å². The Hall–Kier alpha value is 0. The predicted octanol–water partition coefficient (Wildman–Crippen LogP) is 12.6. The van der Waals surface area contributed by atoms with Crippen molar-refractivity contribution < 1.29 is 0 Å². The third kappa shape index (κ3) is 7.03. The van der Waals surface area contributed by atoms with Crippen LogP contribution in [0.15, 0.2) is 0 Å². The fourth-order valence-corrected chi connectivity index (χ4v) is 12.9. The van der Waals surface area contributed by atoms with Crippen LogP contribution in [0, 0.1) is 71.0 Å². The minimum atomic E-state index is 1.05. The highest BCUT2D eigenvalue weighted by atomic mass is 14.5. The Morgan fingerprint density at radius 2 is 0.700 bits per heavy atom. The van der Waals surface area contributed by atoms with E-state index < -0.39 is 0 Å². The molecule has 8 unspecified atom stereocenters. The second kappa shape index (κ2) is 14.7. The maximum atomic E-state index is 2.51. The van der Waals surface area contributed by atoms with E-state index in [0.717, 1.165) is 71.0 Å². The number of hydrogen-bond donors (Lipinski definition) is 0. The lowest BCUT2D eigenvalue weighted by atomic mass is 9.64. The normalized spacial score (nSPS) is 44.9. The van der Waals surface area contributed by atoms with Gasteiger partial charge in [0.1, 0.15) is 0 Å². The summed E-state index contributed by atoms with van der Waals surface area (Å²) in [5.74, 6) is 13.2. The Kier molecular flexibility index (Phi) is 11.0. The lowest BCUT2D eigenvalue weighted by molar-refractivity contribution is 0.0902. The lowest BCUT2D eigenvalue weighted by Gasteiger charge is -2.41. The molecule has 0 aromatic carbocycles. The highest BCUT2D eigenvalue weighted by Crippen LogP contribution is 2.58. The Morgan fingerprint density at radius 3 is 1.30 bits per heavy atom. The van der Waals surface area contributed by atoms with Crippen LogP contribution in [0.1, 0.15) is 181 Å². The smallest absolute Gasteiger partial charge is 0.0352 e. The average molecular weight is 551 g/mol. The molecule has 6 rings (SSSR count). The molecule has 0 saturated heterocycles. The quantitative estimate of drug-likeness (QED) is 0.296. The molecule has 0 N–H and O–H groups in total. The molecule has 0 aromatic heterocycles. The van der Waals surface area contributed by atoms with Crippen LogP contribution in [0.2, 0.25) is 0 Å². The predicted molar refractivity (Wildman–Crippen MR) is 173 cm³/mol. The Bertz CT molecular complexity index is 714. The van der Waals surface area contributed by atoms with E-state index >= 15 is 0 Å². The van der Waals surface area contributed by atoms with Crippen LogP contribution in [0.5, 0.6) is 0 Å². The second-order valence-corrected chi connectivity index (χ2v) is 17.0. The molecule has 0 heterocycles. The molecule has 6 aliphatic rings. The van der Waals surface area contributed by atoms with Gasteiger partial charge in [-0.05, 0) is 148 Å². The molecular formula is C40H70. The summed E-state index contributed by atoms with van der Waals surface area (Å²) in [6, 6.07) is 0. The first-order chi connectivity index (χ1) is 19.7. The standard InChI is InChI=1S/C40H70/c1-3-29-17-23-36(25-30(29)4-2)39-27-38(32-15-11-12-16-32)28-40(39)37-24-22-35(26-37)34-20-18-33(19-21-34)31-13-9-7-5-6-8-10-14-31/h29-40H,3-28H2,1-2H3. The van der Waals surface area contributed by atoms with E-state index in [4.69, 9.17) is 0 Å². The Balaban J connectivity index is 1.05. The molecule has 0 spiro atoms. The van der Waals surface area contributed by atoms with Gasteiger partial charge in [-0.1, -0.05) is 104 Å². The van der Waals surface area contributed by atoms with Gasteiger partial charge in [-0.25, -0.2) is 0 Å². The molecule has 0 aromatic rings. The van der Waals surface area contributed by atoms with Crippen molar-refractivity contribution in [2.45, 2.75) is 181 Å². The minimum absolute atomic E-state index is 1.05. The van der Waals surface area contributed by atoms with Crippen LogP contribution < -0.4 is 0 Å². The highest BCUT2D eigenvalue weighted by Gasteiger charge is 2.48. The zero-order valence-corrected chi connectivity index (χ0v) is 27.3. The summed E-state index contributed by atoms with van der Waals surface area (Å²) in [6.45, 7) is 4.99. The van der Waals surface area contributed by atoms with E-state index in [1.165, 1.54) is 38.5 Å². The first kappa shape index (κ1) is 30.0. The second-order valence-electron chi connectivity index (χ2n) is 17.0. The van der Waals surface area contributed by atoms with Gasteiger partial charge in [0, 0.05) is 0 Å². The van der Waals surface area contributed by atoms with Gasteiger partial charge in [0.15, 0.2) is 0 Å². The summed E-state index contributed by atoms with van der Waals surface area (Å²) < 4.78 is 0. The molecule has 0 nitrogen and oxygen atoms in total. The van der Waals surface area contributed by atoms with Gasteiger partial charge in [-0.3, -0.25) is 0 Å². The molecule has 40 heavy (non-hydrogen) atoms. The maximum absolute atomic E-state index is 2.51. The van der Waals surface area contributed by atoms with E-state index in [2.05, 4.69) is 13.8 Å². The number of hydrogen-bond acceptors (Lipinski definition) is 0. The first-order valence-corrected chi connectivity index (χ1v) is 19.7. The van der Waals surface area contributed by atoms with Crippen LogP contribution in [0.3, 0.4) is 0 Å². The van der Waals surface area contributed by atoms with Gasteiger partial charge in [-0.2, -0.15) is 0 Å². The molecule has 0 radical (unpaired) electrons. The molecular weight excluding hydrogens is 480 g/mol. The van der Waals surface area contributed by atoms with E-state index in [-0.39, 0.29) is 0 Å². The molecule has 6 saturated carbocycles. The molecule has 0 heteroatoms. The molecule has 6 aliphatic carbocycles. The summed E-state index contributed by atoms with van der Waals surface area (Å²) in [4.78, 5) is 0. The fourth-order valence-electron chi connectivity index (χ4n) is 12.9. The van der Waals surface area contributed by atoms with Gasteiger partial charge < -0.3 is 0 Å². The van der Waals surface area contributed by atoms with Crippen LogP contribution >= 0.6 is 0 Å². The SMILES string of the molecule is CCC1CCC(C2CC(C3CCCC3)CC2C2CCC(C3CCC(C4CCCCCCCC4)CC3)C2)CC1CC. The summed E-state index contributed by atoms with van der Waals surface area (Å²) in [6.07, 6.45) is 40.9. The van der Waals surface area contributed by atoms with Crippen molar-refractivity contribution in [1.82, 2.24) is 0 Å². The van der Waals surface area contributed by atoms with Crippen molar-refractivity contribution in [3.63, 3.8) is 0 Å². The molecule has 8 atom stereocenters. The van der Waals surface area contributed by atoms with Gasteiger partial charge in [0.2, 0.25) is 0 Å². The third-order valence-corrected chi connectivity index (χ3v) is 15.3. The largest absolute Gasteiger partial charge is 0.0651 e. The van der Waals surface area contributed by atoms with E-state index in [0.29, 0.717) is 0 Å². The van der Waals surface area contributed by atoms with Crippen LogP contribution in [-0.2, 0) is 0 Å². The first-order valence-electron chi connectivity index (χ1n) is 19.7. The average Bonchev–Trinajstić information content (AvgIpc) is 3.78. The minimum Gasteiger partial charge on any atom is -0.0651 e. The summed E-state index contributed by atoms with van der Waals surface area (Å²) >= 11 is 0. The van der Waals surface area contributed by atoms with Crippen molar-refractivity contribution in [2.24, 2.45) is 71.0 Å². The van der Waals surface area contributed by atoms with Gasteiger partial charge in [-0.15, -0.1) is 0 Å². The lowest BCUT2D eigenvalue weighted by Crippen LogP contribution is -2.32. The maximum Gasteiger partial charge on any atom is -0.0352 e. The van der Waals surface area contributed by atoms with E-state index in [9.17, 15) is 0 Å². The Labute approximate surface area is 251 Å². The third-order valence-electron chi connectivity index (χ3n) is 15.3. The summed E-state index contributed by atoms with van der Waals surface area (Å²) in [5.41, 5.74) is 0. The molecule has 0 amide bonds. The van der Waals surface area contributed by atoms with Crippen molar-refractivity contribution in [3.05, 3.63) is 0 Å². The highest BCUT2D eigenvalue weighted by molar-refractivity contribution is 4.98. The summed E-state index contributed by atoms with van der Waals surface area (Å²) in [5, 5.41) is 0. The van der Waals surface area contributed by atoms with Gasteiger partial charge >= 0.3 is 0 Å². The van der Waals surface area contributed by atoms with E-state index in [1.807, 2.05) is 0 Å². The zero-order chi connectivity index (χ0) is 27.3. The molecule has 0 bridgehead atoms. The van der Waals surface area contributed by atoms with Crippen molar-refractivity contribution >= 4 is 0 Å². The van der Waals surface area contributed by atoms with Crippen LogP contribution in [0.25, 0.3) is 0 Å². The monoisotopic (exact) mass is 551 g/mol. The van der Waals surface area contributed by atoms with Gasteiger partial charge in [0.25, 0.3) is 0 Å². The molecule has 0 aliphatic heterocycles. The molecule has 6 fully saturated rings. The zero-order valence-electron chi connectivity index (χ0n) is 27.3. The van der Waals surface area contributed by atoms with Crippen molar-refractivity contribution in [3.8, 4) is 0 Å². The van der Waals surface area contributed by atoms with Gasteiger partial charge in [0.05, 0.1) is 0 Å². The molecule has 230 valence electrons. The fraction of sp³-hybridized carbons (Fsp3) is 1.00. The van der Waals surface area contributed by atoms with E-state index in [1.54, 1.807) is 128 Å². The summed E-state index contributed by atoms with van der Waals surface area (Å²) in [7, 11) is 0. The van der Waals surface area contributed by atoms with Crippen molar-refractivity contribution in [1.29, 1.82) is 0 Å². The Morgan fingerprint density at radius 1 is 0.300 bits per heavy atom.